The molecule has 0 aliphatic rings. The van der Waals surface area contributed by atoms with Crippen LogP contribution in [0.15, 0.2) is 42.5 Å². The predicted octanol–water partition coefficient (Wildman–Crippen LogP) is 4.13. The van der Waals surface area contributed by atoms with Crippen molar-refractivity contribution in [2.24, 2.45) is 0 Å². The van der Waals surface area contributed by atoms with Crippen molar-refractivity contribution in [3.05, 3.63) is 52.6 Å². The van der Waals surface area contributed by atoms with E-state index in [1.807, 2.05) is 32.0 Å². The third-order valence-corrected chi connectivity index (χ3v) is 2.89. The summed E-state index contributed by atoms with van der Waals surface area (Å²) in [5.74, 6) is 1.30. The van der Waals surface area contributed by atoms with Crippen LogP contribution in [0.3, 0.4) is 0 Å². The average molecular weight is 302 g/mol. The fraction of sp³-hybridized carbons (Fsp3) is 0.250. The molecule has 116 valence electrons. The van der Waals surface area contributed by atoms with Crippen LogP contribution in [0.25, 0.3) is 0 Å². The van der Waals surface area contributed by atoms with Gasteiger partial charge in [0.1, 0.15) is 0 Å². The van der Waals surface area contributed by atoms with Gasteiger partial charge in [0, 0.05) is 29.6 Å². The number of ether oxygens (including phenoxy) is 2. The Kier molecular flexibility index (Phi) is 4.83. The van der Waals surface area contributed by atoms with Gasteiger partial charge in [-0.05, 0) is 38.1 Å². The summed E-state index contributed by atoms with van der Waals surface area (Å²) in [6.07, 6.45) is 0.0578. The summed E-state index contributed by atoms with van der Waals surface area (Å²) in [4.78, 5) is 10.2. The number of nitrogens with zero attached hydrogens (tertiary/aromatic N) is 1. The molecule has 0 aromatic heterocycles. The van der Waals surface area contributed by atoms with E-state index in [0.29, 0.717) is 11.5 Å². The number of non-ortho nitro benzene ring substituents is 1. The minimum atomic E-state index is -0.426. The standard InChI is InChI=1S/C16H18N2O4/c1-11(2)22-15-9-6-13(10-16(15)21-3)17-12-4-7-14(8-5-12)18(19)20/h4-11,17H,1-3H3. The molecule has 6 heteroatoms. The van der Waals surface area contributed by atoms with Gasteiger partial charge < -0.3 is 14.8 Å². The van der Waals surface area contributed by atoms with Gasteiger partial charge in [0.25, 0.3) is 5.69 Å². The topological polar surface area (TPSA) is 73.6 Å². The number of rotatable bonds is 6. The van der Waals surface area contributed by atoms with Crippen LogP contribution < -0.4 is 14.8 Å². The summed E-state index contributed by atoms with van der Waals surface area (Å²) in [5, 5.41) is 13.8. The van der Waals surface area contributed by atoms with E-state index in [1.165, 1.54) is 12.1 Å². The van der Waals surface area contributed by atoms with Crippen molar-refractivity contribution in [1.29, 1.82) is 0 Å². The summed E-state index contributed by atoms with van der Waals surface area (Å²) in [6, 6.07) is 11.7. The second kappa shape index (κ2) is 6.80. The molecule has 0 saturated carbocycles. The van der Waals surface area contributed by atoms with Crippen molar-refractivity contribution in [1.82, 2.24) is 0 Å². The van der Waals surface area contributed by atoms with Gasteiger partial charge in [0.05, 0.1) is 18.1 Å². The summed E-state index contributed by atoms with van der Waals surface area (Å²) in [6.45, 7) is 3.89. The Morgan fingerprint density at radius 3 is 2.23 bits per heavy atom. The maximum atomic E-state index is 10.6. The van der Waals surface area contributed by atoms with Crippen LogP contribution in [0.4, 0.5) is 17.1 Å². The molecule has 0 saturated heterocycles. The van der Waals surface area contributed by atoms with Crippen LogP contribution in [-0.2, 0) is 0 Å². The molecule has 0 bridgehead atoms. The normalized spacial score (nSPS) is 10.4. The summed E-state index contributed by atoms with van der Waals surface area (Å²) < 4.78 is 11.0. The summed E-state index contributed by atoms with van der Waals surface area (Å²) in [7, 11) is 1.58. The molecular formula is C16H18N2O4. The molecule has 0 radical (unpaired) electrons. The van der Waals surface area contributed by atoms with E-state index in [0.717, 1.165) is 11.4 Å². The van der Waals surface area contributed by atoms with Crippen LogP contribution in [0, 0.1) is 10.1 Å². The van der Waals surface area contributed by atoms with E-state index >= 15 is 0 Å². The van der Waals surface area contributed by atoms with E-state index in [-0.39, 0.29) is 11.8 Å². The minimum Gasteiger partial charge on any atom is -0.493 e. The molecule has 22 heavy (non-hydrogen) atoms. The van der Waals surface area contributed by atoms with Gasteiger partial charge in [0.15, 0.2) is 11.5 Å². The lowest BCUT2D eigenvalue weighted by Crippen LogP contribution is -2.06. The van der Waals surface area contributed by atoms with Crippen molar-refractivity contribution < 1.29 is 14.4 Å². The van der Waals surface area contributed by atoms with Crippen LogP contribution in [0.2, 0.25) is 0 Å². The zero-order chi connectivity index (χ0) is 16.1. The Hall–Kier alpha value is -2.76. The molecule has 0 spiro atoms. The zero-order valence-corrected chi connectivity index (χ0v) is 12.7. The maximum Gasteiger partial charge on any atom is 0.269 e. The quantitative estimate of drug-likeness (QED) is 0.641. The lowest BCUT2D eigenvalue weighted by Gasteiger charge is -2.15. The van der Waals surface area contributed by atoms with Gasteiger partial charge >= 0.3 is 0 Å². The van der Waals surface area contributed by atoms with Crippen LogP contribution in [0.5, 0.6) is 11.5 Å². The van der Waals surface area contributed by atoms with E-state index in [2.05, 4.69) is 5.32 Å². The largest absolute Gasteiger partial charge is 0.493 e. The van der Waals surface area contributed by atoms with Gasteiger partial charge in [-0.1, -0.05) is 0 Å². The zero-order valence-electron chi connectivity index (χ0n) is 12.7. The van der Waals surface area contributed by atoms with Gasteiger partial charge in [-0.25, -0.2) is 0 Å². The highest BCUT2D eigenvalue weighted by Gasteiger charge is 2.08. The number of methoxy groups -OCH3 is 1. The van der Waals surface area contributed by atoms with Crippen molar-refractivity contribution in [2.45, 2.75) is 20.0 Å². The van der Waals surface area contributed by atoms with E-state index in [1.54, 1.807) is 19.2 Å². The molecule has 0 amide bonds. The third kappa shape index (κ3) is 3.88. The first kappa shape index (κ1) is 15.6. The molecular weight excluding hydrogens is 284 g/mol. The SMILES string of the molecule is COc1cc(Nc2ccc([N+](=O)[O-])cc2)ccc1OC(C)C. The molecule has 0 fully saturated rings. The molecule has 0 unspecified atom stereocenters. The Bertz CT molecular complexity index is 654. The van der Waals surface area contributed by atoms with Crippen molar-refractivity contribution in [3.8, 4) is 11.5 Å². The highest BCUT2D eigenvalue weighted by molar-refractivity contribution is 5.64. The third-order valence-electron chi connectivity index (χ3n) is 2.89. The Morgan fingerprint density at radius 2 is 1.68 bits per heavy atom. The first-order valence-corrected chi connectivity index (χ1v) is 6.86. The number of benzene rings is 2. The van der Waals surface area contributed by atoms with Crippen LogP contribution >= 0.6 is 0 Å². The minimum absolute atomic E-state index is 0.0578. The van der Waals surface area contributed by atoms with Gasteiger partial charge in [-0.2, -0.15) is 0 Å². The summed E-state index contributed by atoms with van der Waals surface area (Å²) >= 11 is 0. The highest BCUT2D eigenvalue weighted by atomic mass is 16.6. The molecule has 0 heterocycles. The van der Waals surface area contributed by atoms with Crippen molar-refractivity contribution in [3.63, 3.8) is 0 Å². The number of anilines is 2. The van der Waals surface area contributed by atoms with E-state index < -0.39 is 4.92 Å². The number of hydrogen-bond donors (Lipinski definition) is 1. The van der Waals surface area contributed by atoms with Crippen LogP contribution in [-0.4, -0.2) is 18.1 Å². The van der Waals surface area contributed by atoms with Crippen LogP contribution in [0.1, 0.15) is 13.8 Å². The summed E-state index contributed by atoms with van der Waals surface area (Å²) in [5.41, 5.74) is 1.62. The Morgan fingerprint density at radius 1 is 1.05 bits per heavy atom. The molecule has 0 atom stereocenters. The van der Waals surface area contributed by atoms with Gasteiger partial charge in [0.2, 0.25) is 0 Å². The lowest BCUT2D eigenvalue weighted by molar-refractivity contribution is -0.384. The smallest absolute Gasteiger partial charge is 0.269 e. The van der Waals surface area contributed by atoms with E-state index in [4.69, 9.17) is 9.47 Å². The first-order valence-electron chi connectivity index (χ1n) is 6.86. The van der Waals surface area contributed by atoms with E-state index in [9.17, 15) is 10.1 Å². The Balaban J connectivity index is 2.17. The number of hydrogen-bond acceptors (Lipinski definition) is 5. The fourth-order valence-electron chi connectivity index (χ4n) is 1.93. The molecule has 2 aromatic carbocycles. The molecule has 6 nitrogen and oxygen atoms in total. The second-order valence-electron chi connectivity index (χ2n) is 4.96. The fourth-order valence-corrected chi connectivity index (χ4v) is 1.93. The molecule has 0 aliphatic carbocycles. The number of nitro benzene ring substituents is 1. The maximum absolute atomic E-state index is 10.6. The number of nitrogens with one attached hydrogen (secondary N) is 1. The molecule has 2 aromatic rings. The molecule has 0 aliphatic heterocycles. The molecule has 1 N–H and O–H groups in total. The van der Waals surface area contributed by atoms with Gasteiger partial charge in [-0.3, -0.25) is 10.1 Å². The molecule has 2 rings (SSSR count). The number of nitro groups is 1. The monoisotopic (exact) mass is 302 g/mol. The van der Waals surface area contributed by atoms with Gasteiger partial charge in [-0.15, -0.1) is 0 Å². The first-order chi connectivity index (χ1) is 10.5. The van der Waals surface area contributed by atoms with Crippen molar-refractivity contribution >= 4 is 17.1 Å². The highest BCUT2D eigenvalue weighted by Crippen LogP contribution is 2.32. The van der Waals surface area contributed by atoms with Crippen molar-refractivity contribution in [2.75, 3.05) is 12.4 Å². The average Bonchev–Trinajstić information content (AvgIpc) is 2.49. The Labute approximate surface area is 128 Å². The second-order valence-corrected chi connectivity index (χ2v) is 4.96. The predicted molar refractivity (Wildman–Crippen MR) is 85.1 cm³/mol. The lowest BCUT2D eigenvalue weighted by atomic mass is 10.2.